The fraction of sp³-hybridized carbons (Fsp3) is 0.294. The molecule has 2 rings (SSSR count). The third-order valence-corrected chi connectivity index (χ3v) is 3.89. The smallest absolute Gasteiger partial charge is 0.137 e. The average Bonchev–Trinajstić information content (AvgIpc) is 2.47. The second-order valence-electron chi connectivity index (χ2n) is 4.97. The Morgan fingerprint density at radius 2 is 1.85 bits per heavy atom. The zero-order valence-electron chi connectivity index (χ0n) is 12.1. The van der Waals surface area contributed by atoms with Crippen molar-refractivity contribution in [2.75, 3.05) is 14.2 Å². The van der Waals surface area contributed by atoms with E-state index in [9.17, 15) is 0 Å². The SMILES string of the molecule is COc1ccc(CN(C)C(C)c2ccccc2)cc1Cl. The van der Waals surface area contributed by atoms with Crippen LogP contribution in [0.2, 0.25) is 5.02 Å². The highest BCUT2D eigenvalue weighted by Gasteiger charge is 2.12. The number of hydrogen-bond donors (Lipinski definition) is 0. The molecular formula is C17H20ClNO. The van der Waals surface area contributed by atoms with Crippen LogP contribution < -0.4 is 4.74 Å². The van der Waals surface area contributed by atoms with Crippen LogP contribution in [0.3, 0.4) is 0 Å². The van der Waals surface area contributed by atoms with Crippen LogP contribution in [0.5, 0.6) is 5.75 Å². The highest BCUT2D eigenvalue weighted by atomic mass is 35.5. The maximum absolute atomic E-state index is 6.17. The normalized spacial score (nSPS) is 12.4. The molecule has 0 radical (unpaired) electrons. The van der Waals surface area contributed by atoms with E-state index in [1.807, 2.05) is 18.2 Å². The van der Waals surface area contributed by atoms with E-state index >= 15 is 0 Å². The van der Waals surface area contributed by atoms with Crippen LogP contribution in [0.1, 0.15) is 24.1 Å². The van der Waals surface area contributed by atoms with Gasteiger partial charge in [-0.3, -0.25) is 4.90 Å². The fourth-order valence-electron chi connectivity index (χ4n) is 2.22. The van der Waals surface area contributed by atoms with Crippen molar-refractivity contribution in [2.24, 2.45) is 0 Å². The van der Waals surface area contributed by atoms with Gasteiger partial charge in [0.05, 0.1) is 12.1 Å². The molecule has 0 aromatic heterocycles. The summed E-state index contributed by atoms with van der Waals surface area (Å²) in [6, 6.07) is 16.8. The lowest BCUT2D eigenvalue weighted by atomic mass is 10.1. The van der Waals surface area contributed by atoms with Gasteiger partial charge in [0.15, 0.2) is 0 Å². The summed E-state index contributed by atoms with van der Waals surface area (Å²) in [5.41, 5.74) is 2.50. The monoisotopic (exact) mass is 289 g/mol. The minimum Gasteiger partial charge on any atom is -0.495 e. The fourth-order valence-corrected chi connectivity index (χ4v) is 2.50. The van der Waals surface area contributed by atoms with Crippen molar-refractivity contribution < 1.29 is 4.74 Å². The van der Waals surface area contributed by atoms with E-state index in [2.05, 4.69) is 49.2 Å². The lowest BCUT2D eigenvalue weighted by molar-refractivity contribution is 0.253. The van der Waals surface area contributed by atoms with E-state index < -0.39 is 0 Å². The first-order chi connectivity index (χ1) is 9.61. The molecule has 0 saturated heterocycles. The molecule has 20 heavy (non-hydrogen) atoms. The first-order valence-corrected chi connectivity index (χ1v) is 7.07. The molecule has 0 amide bonds. The van der Waals surface area contributed by atoms with Gasteiger partial charge < -0.3 is 4.74 Å². The lowest BCUT2D eigenvalue weighted by Crippen LogP contribution is -2.21. The standard InChI is InChI=1S/C17H20ClNO/c1-13(15-7-5-4-6-8-15)19(2)12-14-9-10-17(20-3)16(18)11-14/h4-11,13H,12H2,1-3H3. The Kier molecular flexibility index (Phi) is 5.05. The van der Waals surface area contributed by atoms with Crippen molar-refractivity contribution in [2.45, 2.75) is 19.5 Å². The molecule has 0 saturated carbocycles. The number of hydrogen-bond acceptors (Lipinski definition) is 2. The van der Waals surface area contributed by atoms with Gasteiger partial charge in [0.1, 0.15) is 5.75 Å². The summed E-state index contributed by atoms with van der Waals surface area (Å²) in [5, 5.41) is 0.658. The van der Waals surface area contributed by atoms with Gasteiger partial charge in [0, 0.05) is 12.6 Å². The topological polar surface area (TPSA) is 12.5 Å². The van der Waals surface area contributed by atoms with E-state index in [0.29, 0.717) is 16.8 Å². The summed E-state index contributed by atoms with van der Waals surface area (Å²) in [5.74, 6) is 0.717. The van der Waals surface area contributed by atoms with Crippen molar-refractivity contribution in [1.29, 1.82) is 0 Å². The van der Waals surface area contributed by atoms with Crippen LogP contribution in [-0.2, 0) is 6.54 Å². The van der Waals surface area contributed by atoms with Crippen molar-refractivity contribution in [1.82, 2.24) is 4.90 Å². The number of rotatable bonds is 5. The Hall–Kier alpha value is -1.51. The molecule has 0 bridgehead atoms. The Morgan fingerprint density at radius 3 is 2.45 bits per heavy atom. The van der Waals surface area contributed by atoms with E-state index in [-0.39, 0.29) is 0 Å². The second kappa shape index (κ2) is 6.78. The Bertz CT molecular complexity index is 556. The summed E-state index contributed by atoms with van der Waals surface area (Å²) in [7, 11) is 3.75. The molecule has 106 valence electrons. The zero-order chi connectivity index (χ0) is 14.5. The van der Waals surface area contributed by atoms with Crippen molar-refractivity contribution >= 4 is 11.6 Å². The van der Waals surface area contributed by atoms with Gasteiger partial charge in [0.25, 0.3) is 0 Å². The maximum atomic E-state index is 6.17. The molecule has 0 aliphatic heterocycles. The van der Waals surface area contributed by atoms with Crippen LogP contribution in [0.4, 0.5) is 0 Å². The van der Waals surface area contributed by atoms with E-state index in [0.717, 1.165) is 6.54 Å². The minimum atomic E-state index is 0.358. The Morgan fingerprint density at radius 1 is 1.15 bits per heavy atom. The molecule has 2 aromatic rings. The first-order valence-electron chi connectivity index (χ1n) is 6.69. The minimum absolute atomic E-state index is 0.358. The van der Waals surface area contributed by atoms with E-state index in [1.54, 1.807) is 7.11 Å². The maximum Gasteiger partial charge on any atom is 0.137 e. The summed E-state index contributed by atoms with van der Waals surface area (Å²) in [6.07, 6.45) is 0. The summed E-state index contributed by atoms with van der Waals surface area (Å²) < 4.78 is 5.18. The third kappa shape index (κ3) is 3.53. The van der Waals surface area contributed by atoms with Crippen molar-refractivity contribution in [3.63, 3.8) is 0 Å². The quantitative estimate of drug-likeness (QED) is 0.801. The summed E-state index contributed by atoms with van der Waals surface area (Å²) in [6.45, 7) is 3.06. The number of halogens is 1. The zero-order valence-corrected chi connectivity index (χ0v) is 12.9. The van der Waals surface area contributed by atoms with E-state index in [1.165, 1.54) is 11.1 Å². The molecule has 0 heterocycles. The molecule has 1 unspecified atom stereocenters. The second-order valence-corrected chi connectivity index (χ2v) is 5.38. The number of nitrogens with zero attached hydrogens (tertiary/aromatic N) is 1. The number of methoxy groups -OCH3 is 1. The van der Waals surface area contributed by atoms with Gasteiger partial charge in [-0.25, -0.2) is 0 Å². The van der Waals surface area contributed by atoms with Gasteiger partial charge in [0.2, 0.25) is 0 Å². The predicted molar refractivity (Wildman–Crippen MR) is 84.3 cm³/mol. The number of ether oxygens (including phenoxy) is 1. The summed E-state index contributed by atoms with van der Waals surface area (Å²) >= 11 is 6.17. The van der Waals surface area contributed by atoms with Crippen LogP contribution in [0.25, 0.3) is 0 Å². The van der Waals surface area contributed by atoms with Gasteiger partial charge in [-0.15, -0.1) is 0 Å². The molecule has 0 aliphatic carbocycles. The average molecular weight is 290 g/mol. The molecule has 2 nitrogen and oxygen atoms in total. The largest absolute Gasteiger partial charge is 0.495 e. The highest BCUT2D eigenvalue weighted by molar-refractivity contribution is 6.32. The van der Waals surface area contributed by atoms with Crippen molar-refractivity contribution in [3.8, 4) is 5.75 Å². The third-order valence-electron chi connectivity index (χ3n) is 3.59. The van der Waals surface area contributed by atoms with Gasteiger partial charge in [-0.05, 0) is 37.2 Å². The molecular weight excluding hydrogens is 270 g/mol. The highest BCUT2D eigenvalue weighted by Crippen LogP contribution is 2.27. The molecule has 0 aliphatic rings. The Balaban J connectivity index is 2.08. The van der Waals surface area contributed by atoms with Crippen molar-refractivity contribution in [3.05, 3.63) is 64.7 Å². The first kappa shape index (κ1) is 14.9. The summed E-state index contributed by atoms with van der Waals surface area (Å²) in [4.78, 5) is 2.30. The van der Waals surface area contributed by atoms with Crippen LogP contribution in [-0.4, -0.2) is 19.1 Å². The Labute approximate surface area is 125 Å². The van der Waals surface area contributed by atoms with Gasteiger partial charge >= 0.3 is 0 Å². The van der Waals surface area contributed by atoms with E-state index in [4.69, 9.17) is 16.3 Å². The van der Waals surface area contributed by atoms with Crippen LogP contribution in [0, 0.1) is 0 Å². The molecule has 3 heteroatoms. The van der Waals surface area contributed by atoms with Crippen LogP contribution >= 0.6 is 11.6 Å². The van der Waals surface area contributed by atoms with Gasteiger partial charge in [-0.2, -0.15) is 0 Å². The number of benzene rings is 2. The molecule has 0 N–H and O–H groups in total. The van der Waals surface area contributed by atoms with Gasteiger partial charge in [-0.1, -0.05) is 48.0 Å². The van der Waals surface area contributed by atoms with Crippen LogP contribution in [0.15, 0.2) is 48.5 Å². The predicted octanol–water partition coefficient (Wildman–Crippen LogP) is 4.54. The molecule has 0 fully saturated rings. The molecule has 0 spiro atoms. The lowest BCUT2D eigenvalue weighted by Gasteiger charge is -2.25. The molecule has 1 atom stereocenters. The molecule has 2 aromatic carbocycles.